The maximum absolute atomic E-state index is 10.2. The number of carboxylic acids is 2. The minimum Gasteiger partial charge on any atom is -0.480 e. The van der Waals surface area contributed by atoms with Gasteiger partial charge in [-0.1, -0.05) is 20.3 Å². The molecule has 6 N–H and O–H groups in total. The zero-order valence-corrected chi connectivity index (χ0v) is 11.9. The van der Waals surface area contributed by atoms with Crippen molar-refractivity contribution in [3.05, 3.63) is 0 Å². The number of carboxylic acid groups (broad SMARTS) is 2. The molecule has 18 heavy (non-hydrogen) atoms. The highest BCUT2D eigenvalue weighted by Gasteiger charge is 2.17. The van der Waals surface area contributed by atoms with E-state index in [9.17, 15) is 9.59 Å². The number of nitrogens with two attached hydrogens (primary N) is 2. The van der Waals surface area contributed by atoms with E-state index in [1.807, 2.05) is 20.1 Å². The zero-order chi connectivity index (χ0) is 14.7. The molecule has 0 amide bonds. The number of carbonyl (C=O) groups is 2. The van der Waals surface area contributed by atoms with Crippen molar-refractivity contribution in [2.75, 3.05) is 12.0 Å². The average Bonchev–Trinajstić information content (AvgIpc) is 2.34. The highest BCUT2D eigenvalue weighted by atomic mass is 32.2. The van der Waals surface area contributed by atoms with Crippen LogP contribution in [-0.2, 0) is 9.59 Å². The molecule has 0 radical (unpaired) electrons. The highest BCUT2D eigenvalue weighted by Crippen LogP contribution is 2.04. The van der Waals surface area contributed by atoms with Crippen molar-refractivity contribution in [3.63, 3.8) is 0 Å². The number of thioether (sulfide) groups is 1. The Morgan fingerprint density at radius 2 is 1.72 bits per heavy atom. The second kappa shape index (κ2) is 11.3. The highest BCUT2D eigenvalue weighted by molar-refractivity contribution is 7.98. The van der Waals surface area contributed by atoms with Crippen molar-refractivity contribution in [1.82, 2.24) is 0 Å². The molecule has 0 spiro atoms. The molecule has 0 bridgehead atoms. The summed E-state index contributed by atoms with van der Waals surface area (Å²) in [6, 6.07) is -1.38. The van der Waals surface area contributed by atoms with E-state index < -0.39 is 24.0 Å². The first-order valence-corrected chi connectivity index (χ1v) is 7.12. The topological polar surface area (TPSA) is 127 Å². The van der Waals surface area contributed by atoms with Gasteiger partial charge in [-0.05, 0) is 24.3 Å². The van der Waals surface area contributed by atoms with Gasteiger partial charge in [-0.2, -0.15) is 11.8 Å². The Morgan fingerprint density at radius 1 is 1.22 bits per heavy atom. The molecule has 0 aliphatic heterocycles. The van der Waals surface area contributed by atoms with Gasteiger partial charge in [0.25, 0.3) is 0 Å². The Balaban J connectivity index is 0. The van der Waals surface area contributed by atoms with Crippen LogP contribution in [0.2, 0.25) is 0 Å². The van der Waals surface area contributed by atoms with E-state index in [1.54, 1.807) is 11.8 Å². The third-order valence-corrected chi connectivity index (χ3v) is 3.14. The summed E-state index contributed by atoms with van der Waals surface area (Å²) in [5, 5.41) is 16.6. The van der Waals surface area contributed by atoms with Crippen LogP contribution in [0.15, 0.2) is 0 Å². The average molecular weight is 280 g/mol. The van der Waals surface area contributed by atoms with E-state index in [-0.39, 0.29) is 5.92 Å². The molecular weight excluding hydrogens is 256 g/mol. The number of hydrogen-bond donors (Lipinski definition) is 4. The molecule has 0 fully saturated rings. The summed E-state index contributed by atoms with van der Waals surface area (Å²) < 4.78 is 0. The van der Waals surface area contributed by atoms with Gasteiger partial charge in [-0.25, -0.2) is 0 Å². The van der Waals surface area contributed by atoms with Crippen molar-refractivity contribution >= 4 is 23.7 Å². The second-order valence-corrected chi connectivity index (χ2v) is 4.96. The van der Waals surface area contributed by atoms with Crippen LogP contribution in [0.3, 0.4) is 0 Å². The fraction of sp³-hybridized carbons (Fsp3) is 0.818. The van der Waals surface area contributed by atoms with E-state index >= 15 is 0 Å². The van der Waals surface area contributed by atoms with Gasteiger partial charge in [-0.3, -0.25) is 9.59 Å². The van der Waals surface area contributed by atoms with Gasteiger partial charge in [0.1, 0.15) is 12.1 Å². The van der Waals surface area contributed by atoms with Crippen LogP contribution in [-0.4, -0.2) is 46.2 Å². The molecule has 6 nitrogen and oxygen atoms in total. The van der Waals surface area contributed by atoms with Crippen molar-refractivity contribution < 1.29 is 19.8 Å². The third kappa shape index (κ3) is 10.4. The second-order valence-electron chi connectivity index (χ2n) is 3.98. The predicted octanol–water partition coefficient (Wildman–Crippen LogP) is 0.596. The molecule has 0 aliphatic rings. The monoisotopic (exact) mass is 280 g/mol. The van der Waals surface area contributed by atoms with E-state index in [2.05, 4.69) is 0 Å². The fourth-order valence-electron chi connectivity index (χ4n) is 0.866. The molecule has 0 rings (SSSR count). The van der Waals surface area contributed by atoms with Gasteiger partial charge >= 0.3 is 11.9 Å². The van der Waals surface area contributed by atoms with Gasteiger partial charge < -0.3 is 21.7 Å². The lowest BCUT2D eigenvalue weighted by molar-refractivity contribution is -0.140. The van der Waals surface area contributed by atoms with Crippen molar-refractivity contribution in [3.8, 4) is 0 Å². The number of rotatable bonds is 7. The SMILES string of the molecule is CCC(C)C(N)C(=O)O.CSCCC(N)C(=O)O. The molecule has 0 aliphatic carbocycles. The molecule has 0 saturated heterocycles. The van der Waals surface area contributed by atoms with Crippen molar-refractivity contribution in [2.45, 2.75) is 38.8 Å². The number of hydrogen-bond acceptors (Lipinski definition) is 5. The summed E-state index contributed by atoms with van der Waals surface area (Å²) in [5.41, 5.74) is 10.5. The van der Waals surface area contributed by atoms with Crippen LogP contribution in [0.4, 0.5) is 0 Å². The van der Waals surface area contributed by atoms with Gasteiger partial charge in [0.05, 0.1) is 0 Å². The molecule has 3 unspecified atom stereocenters. The van der Waals surface area contributed by atoms with Crippen molar-refractivity contribution in [2.24, 2.45) is 17.4 Å². The van der Waals surface area contributed by atoms with E-state index in [0.717, 1.165) is 12.2 Å². The van der Waals surface area contributed by atoms with E-state index in [1.165, 1.54) is 0 Å². The Labute approximate surface area is 112 Å². The van der Waals surface area contributed by atoms with Crippen LogP contribution in [0.25, 0.3) is 0 Å². The molecule has 0 aromatic carbocycles. The Morgan fingerprint density at radius 3 is 1.94 bits per heavy atom. The van der Waals surface area contributed by atoms with E-state index in [4.69, 9.17) is 21.7 Å². The third-order valence-electron chi connectivity index (χ3n) is 2.49. The van der Waals surface area contributed by atoms with Gasteiger partial charge in [0, 0.05) is 0 Å². The Hall–Kier alpha value is -0.790. The number of aliphatic carboxylic acids is 2. The van der Waals surface area contributed by atoms with Gasteiger partial charge in [0.2, 0.25) is 0 Å². The van der Waals surface area contributed by atoms with Crippen LogP contribution >= 0.6 is 11.8 Å². The predicted molar refractivity (Wildman–Crippen MR) is 73.7 cm³/mol. The minimum absolute atomic E-state index is 0.0718. The Kier molecular flexibility index (Phi) is 12.3. The largest absolute Gasteiger partial charge is 0.480 e. The lowest BCUT2D eigenvalue weighted by atomic mass is 10.0. The summed E-state index contributed by atoms with van der Waals surface area (Å²) in [6.07, 6.45) is 3.29. The lowest BCUT2D eigenvalue weighted by Gasteiger charge is -2.11. The smallest absolute Gasteiger partial charge is 0.320 e. The molecule has 0 heterocycles. The summed E-state index contributed by atoms with van der Waals surface area (Å²) >= 11 is 1.60. The zero-order valence-electron chi connectivity index (χ0n) is 11.1. The maximum atomic E-state index is 10.2. The molecule has 0 aromatic heterocycles. The van der Waals surface area contributed by atoms with Crippen molar-refractivity contribution in [1.29, 1.82) is 0 Å². The first kappa shape index (κ1) is 19.5. The molecule has 0 saturated carbocycles. The Bertz CT molecular complexity index is 251. The van der Waals surface area contributed by atoms with Crippen LogP contribution in [0, 0.1) is 5.92 Å². The molecule has 3 atom stereocenters. The first-order chi connectivity index (χ1) is 8.27. The molecule has 108 valence electrons. The maximum Gasteiger partial charge on any atom is 0.320 e. The standard InChI is InChI=1S/C6H13NO2.C5H11NO2S/c1-3-4(2)5(7)6(8)9;1-9-3-2-4(6)5(7)8/h4-5H,3,7H2,1-2H3,(H,8,9);4H,2-3,6H2,1H3,(H,7,8). The van der Waals surface area contributed by atoms with Crippen LogP contribution in [0.5, 0.6) is 0 Å². The van der Waals surface area contributed by atoms with Crippen LogP contribution < -0.4 is 11.5 Å². The molecular formula is C11H24N2O4S. The molecule has 0 aromatic rings. The summed E-state index contributed by atoms with van der Waals surface area (Å²) in [7, 11) is 0. The lowest BCUT2D eigenvalue weighted by Crippen LogP contribution is -2.36. The van der Waals surface area contributed by atoms with Crippen LogP contribution in [0.1, 0.15) is 26.7 Å². The van der Waals surface area contributed by atoms with E-state index in [0.29, 0.717) is 6.42 Å². The van der Waals surface area contributed by atoms with Gasteiger partial charge in [0.15, 0.2) is 0 Å². The normalized spacial score (nSPS) is 14.9. The summed E-state index contributed by atoms with van der Waals surface area (Å²) in [6.45, 7) is 3.76. The first-order valence-electron chi connectivity index (χ1n) is 5.73. The minimum atomic E-state index is -0.913. The molecule has 7 heteroatoms. The fourth-order valence-corrected chi connectivity index (χ4v) is 1.36. The van der Waals surface area contributed by atoms with Gasteiger partial charge in [-0.15, -0.1) is 0 Å². The quantitative estimate of drug-likeness (QED) is 0.537. The summed E-state index contributed by atoms with van der Waals surface area (Å²) in [4.78, 5) is 20.2. The summed E-state index contributed by atoms with van der Waals surface area (Å²) in [5.74, 6) is -0.941.